The van der Waals surface area contributed by atoms with Crippen molar-refractivity contribution in [2.45, 2.75) is 32.6 Å². The van der Waals surface area contributed by atoms with Crippen molar-refractivity contribution >= 4 is 0 Å². The number of hydrogen-bond donors (Lipinski definition) is 1. The summed E-state index contributed by atoms with van der Waals surface area (Å²) in [5, 5.41) is 8.67. The number of aliphatic hydroxyl groups excluding tert-OH is 1. The summed E-state index contributed by atoms with van der Waals surface area (Å²) in [6, 6.07) is 6.01. The minimum absolute atomic E-state index is 0.119. The highest BCUT2D eigenvalue weighted by Gasteiger charge is 2.20. The van der Waals surface area contributed by atoms with E-state index >= 15 is 0 Å². The molecule has 1 saturated carbocycles. The van der Waals surface area contributed by atoms with Gasteiger partial charge in [-0.25, -0.2) is 0 Å². The van der Waals surface area contributed by atoms with Crippen molar-refractivity contribution in [2.24, 2.45) is 5.92 Å². The highest BCUT2D eigenvalue weighted by atomic mass is 16.5. The van der Waals surface area contributed by atoms with Gasteiger partial charge >= 0.3 is 0 Å². The van der Waals surface area contributed by atoms with Crippen LogP contribution in [-0.2, 0) is 0 Å². The topological polar surface area (TPSA) is 29.5 Å². The zero-order valence-corrected chi connectivity index (χ0v) is 10.9. The lowest BCUT2D eigenvalue weighted by atomic mass is 10.1. The Hall–Kier alpha value is -1.46. The molecule has 2 rings (SSSR count). The van der Waals surface area contributed by atoms with Crippen LogP contribution in [0.5, 0.6) is 5.75 Å². The van der Waals surface area contributed by atoms with E-state index in [1.165, 1.54) is 19.3 Å². The first-order valence-electron chi connectivity index (χ1n) is 6.63. The molecular weight excluding hydrogens is 224 g/mol. The van der Waals surface area contributed by atoms with Gasteiger partial charge in [0.15, 0.2) is 0 Å². The van der Waals surface area contributed by atoms with Gasteiger partial charge in [-0.1, -0.05) is 24.7 Å². The van der Waals surface area contributed by atoms with E-state index in [1.54, 1.807) is 0 Å². The number of ether oxygens (including phenoxy) is 1. The molecule has 96 valence electrons. The first-order valence-corrected chi connectivity index (χ1v) is 6.63. The maximum Gasteiger partial charge on any atom is 0.122 e. The molecule has 1 aliphatic carbocycles. The van der Waals surface area contributed by atoms with E-state index in [9.17, 15) is 0 Å². The molecule has 0 aliphatic heterocycles. The van der Waals surface area contributed by atoms with Gasteiger partial charge in [0.25, 0.3) is 0 Å². The van der Waals surface area contributed by atoms with Crippen LogP contribution in [0.4, 0.5) is 0 Å². The summed E-state index contributed by atoms with van der Waals surface area (Å²) in [5.41, 5.74) is 2.11. The van der Waals surface area contributed by atoms with Crippen LogP contribution in [-0.4, -0.2) is 18.3 Å². The Balaban J connectivity index is 1.89. The lowest BCUT2D eigenvalue weighted by Crippen LogP contribution is -1.99. The molecule has 2 heteroatoms. The fourth-order valence-electron chi connectivity index (χ4n) is 1.85. The van der Waals surface area contributed by atoms with Crippen molar-refractivity contribution in [3.8, 4) is 17.6 Å². The second-order valence-corrected chi connectivity index (χ2v) is 4.84. The summed E-state index contributed by atoms with van der Waals surface area (Å²) >= 11 is 0. The molecule has 0 heterocycles. The van der Waals surface area contributed by atoms with Crippen molar-refractivity contribution in [3.05, 3.63) is 29.3 Å². The van der Waals surface area contributed by atoms with Crippen LogP contribution in [0.3, 0.4) is 0 Å². The Bertz CT molecular complexity index is 450. The second-order valence-electron chi connectivity index (χ2n) is 4.84. The summed E-state index contributed by atoms with van der Waals surface area (Å²) in [6.45, 7) is 2.99. The van der Waals surface area contributed by atoms with E-state index in [0.29, 0.717) is 6.42 Å². The predicted octanol–water partition coefficient (Wildman–Crippen LogP) is 2.91. The molecule has 1 aliphatic rings. The van der Waals surface area contributed by atoms with Crippen molar-refractivity contribution in [3.63, 3.8) is 0 Å². The molecule has 0 saturated heterocycles. The number of hydrogen-bond acceptors (Lipinski definition) is 2. The Morgan fingerprint density at radius 3 is 2.89 bits per heavy atom. The summed E-state index contributed by atoms with van der Waals surface area (Å²) in [6.07, 6.45) is 4.46. The smallest absolute Gasteiger partial charge is 0.122 e. The van der Waals surface area contributed by atoms with Gasteiger partial charge in [-0.3, -0.25) is 0 Å². The third-order valence-electron chi connectivity index (χ3n) is 3.13. The van der Waals surface area contributed by atoms with Crippen molar-refractivity contribution < 1.29 is 9.84 Å². The third kappa shape index (κ3) is 4.09. The quantitative estimate of drug-likeness (QED) is 0.807. The Kier molecular flexibility index (Phi) is 4.66. The molecule has 0 bridgehead atoms. The number of rotatable bonds is 5. The molecule has 2 nitrogen and oxygen atoms in total. The van der Waals surface area contributed by atoms with E-state index in [4.69, 9.17) is 9.84 Å². The Morgan fingerprint density at radius 1 is 1.39 bits per heavy atom. The molecule has 0 aromatic heterocycles. The largest absolute Gasteiger partial charge is 0.493 e. The van der Waals surface area contributed by atoms with Gasteiger partial charge in [-0.2, -0.15) is 0 Å². The van der Waals surface area contributed by atoms with Gasteiger partial charge < -0.3 is 9.84 Å². The molecule has 0 unspecified atom stereocenters. The van der Waals surface area contributed by atoms with Crippen LogP contribution in [0.25, 0.3) is 0 Å². The molecule has 1 fully saturated rings. The van der Waals surface area contributed by atoms with E-state index < -0.39 is 0 Å². The fourth-order valence-corrected chi connectivity index (χ4v) is 1.85. The monoisotopic (exact) mass is 244 g/mol. The zero-order chi connectivity index (χ0) is 12.8. The van der Waals surface area contributed by atoms with Crippen LogP contribution in [0.2, 0.25) is 0 Å². The average Bonchev–Trinajstić information content (AvgIpc) is 3.16. The van der Waals surface area contributed by atoms with Crippen LogP contribution in [0, 0.1) is 24.7 Å². The molecule has 0 radical (unpaired) electrons. The van der Waals surface area contributed by atoms with Crippen molar-refractivity contribution in [2.75, 3.05) is 13.2 Å². The van der Waals surface area contributed by atoms with E-state index in [1.807, 2.05) is 25.1 Å². The van der Waals surface area contributed by atoms with Crippen LogP contribution >= 0.6 is 0 Å². The minimum atomic E-state index is 0.119. The van der Waals surface area contributed by atoms with Gasteiger partial charge in [0, 0.05) is 12.0 Å². The van der Waals surface area contributed by atoms with E-state index in [0.717, 1.165) is 29.4 Å². The van der Waals surface area contributed by atoms with E-state index in [2.05, 4.69) is 11.8 Å². The molecule has 1 N–H and O–H groups in total. The molecular formula is C16H20O2. The first-order chi connectivity index (χ1) is 8.79. The summed E-state index contributed by atoms with van der Waals surface area (Å²) in [4.78, 5) is 0. The van der Waals surface area contributed by atoms with Gasteiger partial charge in [0.05, 0.1) is 13.2 Å². The number of aryl methyl sites for hydroxylation is 1. The SMILES string of the molecule is Cc1cc(C#CCCO)ccc1OCCC1CC1. The minimum Gasteiger partial charge on any atom is -0.493 e. The van der Waals surface area contributed by atoms with E-state index in [-0.39, 0.29) is 6.61 Å². The Labute approximate surface area is 109 Å². The fraction of sp³-hybridized carbons (Fsp3) is 0.500. The molecule has 0 spiro atoms. The second kappa shape index (κ2) is 6.47. The Morgan fingerprint density at radius 2 is 2.22 bits per heavy atom. The third-order valence-corrected chi connectivity index (χ3v) is 3.13. The average molecular weight is 244 g/mol. The maximum absolute atomic E-state index is 8.67. The van der Waals surface area contributed by atoms with Crippen LogP contribution in [0.15, 0.2) is 18.2 Å². The summed E-state index contributed by atoms with van der Waals surface area (Å²) < 4.78 is 5.78. The lowest BCUT2D eigenvalue weighted by Gasteiger charge is -2.08. The standard InChI is InChI=1S/C16H20O2/c1-13-12-15(4-2-3-10-17)7-8-16(13)18-11-9-14-5-6-14/h7-8,12,14,17H,3,5-6,9-11H2,1H3. The number of benzene rings is 1. The summed E-state index contributed by atoms with van der Waals surface area (Å²) in [5.74, 6) is 7.83. The molecule has 1 aromatic carbocycles. The van der Waals surface area contributed by atoms with Crippen LogP contribution < -0.4 is 4.74 Å². The van der Waals surface area contributed by atoms with Crippen LogP contribution in [0.1, 0.15) is 36.8 Å². The van der Waals surface area contributed by atoms with Gasteiger partial charge in [0.2, 0.25) is 0 Å². The molecule has 18 heavy (non-hydrogen) atoms. The highest BCUT2D eigenvalue weighted by molar-refractivity contribution is 5.43. The lowest BCUT2D eigenvalue weighted by molar-refractivity contribution is 0.300. The van der Waals surface area contributed by atoms with Gasteiger partial charge in [-0.05, 0) is 43.0 Å². The van der Waals surface area contributed by atoms with Gasteiger partial charge in [0.1, 0.15) is 5.75 Å². The molecule has 1 aromatic rings. The first kappa shape index (κ1) is 13.0. The normalized spacial score (nSPS) is 13.9. The highest BCUT2D eigenvalue weighted by Crippen LogP contribution is 2.32. The van der Waals surface area contributed by atoms with Gasteiger partial charge in [-0.15, -0.1) is 0 Å². The number of aliphatic hydroxyl groups is 1. The summed E-state index contributed by atoms with van der Waals surface area (Å²) in [7, 11) is 0. The van der Waals surface area contributed by atoms with Crippen molar-refractivity contribution in [1.82, 2.24) is 0 Å². The predicted molar refractivity (Wildman–Crippen MR) is 72.6 cm³/mol. The molecule has 0 amide bonds. The molecule has 0 atom stereocenters. The van der Waals surface area contributed by atoms with Crippen molar-refractivity contribution in [1.29, 1.82) is 0 Å². The maximum atomic E-state index is 8.67. The zero-order valence-electron chi connectivity index (χ0n) is 10.9.